The number of carbonyl (C=O) groups is 2. The van der Waals surface area contributed by atoms with E-state index >= 15 is 0 Å². The molecule has 0 radical (unpaired) electrons. The van der Waals surface area contributed by atoms with Gasteiger partial charge in [0.15, 0.2) is 0 Å². The van der Waals surface area contributed by atoms with Crippen LogP contribution in [0.3, 0.4) is 0 Å². The van der Waals surface area contributed by atoms with E-state index in [1.807, 2.05) is 0 Å². The van der Waals surface area contributed by atoms with Crippen LogP contribution < -0.4 is 10.6 Å². The van der Waals surface area contributed by atoms with Crippen molar-refractivity contribution in [2.24, 2.45) is 0 Å². The van der Waals surface area contributed by atoms with Crippen molar-refractivity contribution in [3.05, 3.63) is 99.5 Å². The number of benzene rings is 2. The molecule has 3 heterocycles. The van der Waals surface area contributed by atoms with Gasteiger partial charge in [0.2, 0.25) is 0 Å². The topological polar surface area (TPSA) is 75.5 Å². The zero-order chi connectivity index (χ0) is 25.1. The van der Waals surface area contributed by atoms with Gasteiger partial charge in [-0.2, -0.15) is 13.2 Å². The van der Waals surface area contributed by atoms with Crippen molar-refractivity contribution < 1.29 is 31.5 Å². The molecule has 2 aromatic heterocycles. The summed E-state index contributed by atoms with van der Waals surface area (Å²) in [6.07, 6.45) is -1.97. The van der Waals surface area contributed by atoms with Crippen molar-refractivity contribution in [2.45, 2.75) is 12.2 Å². The van der Waals surface area contributed by atoms with E-state index in [-0.39, 0.29) is 39.2 Å². The Hall–Kier alpha value is -3.99. The summed E-state index contributed by atoms with van der Waals surface area (Å²) < 4.78 is 68.6. The molecule has 1 unspecified atom stereocenters. The number of amides is 2. The Morgan fingerprint density at radius 3 is 2.60 bits per heavy atom. The third-order valence-electron chi connectivity index (χ3n) is 5.51. The highest BCUT2D eigenvalue weighted by atomic mass is 35.5. The molecule has 2 N–H and O–H groups in total. The second kappa shape index (κ2) is 8.05. The number of alkyl halides is 3. The summed E-state index contributed by atoms with van der Waals surface area (Å²) in [7, 11) is 0. The predicted octanol–water partition coefficient (Wildman–Crippen LogP) is 5.37. The lowest BCUT2D eigenvalue weighted by Crippen LogP contribution is -2.21. The second-order valence-electron chi connectivity index (χ2n) is 7.73. The molecule has 0 spiro atoms. The predicted molar refractivity (Wildman–Crippen MR) is 115 cm³/mol. The van der Waals surface area contributed by atoms with Gasteiger partial charge in [-0.05, 0) is 36.4 Å². The number of nitrogens with zero attached hydrogens (tertiary/aromatic N) is 2. The van der Waals surface area contributed by atoms with E-state index in [0.717, 1.165) is 12.1 Å². The van der Waals surface area contributed by atoms with Crippen LogP contribution in [0.25, 0.3) is 5.65 Å². The molecular weight excluding hydrogens is 495 g/mol. The Bertz CT molecular complexity index is 1530. The normalized spacial score (nSPS) is 15.3. The van der Waals surface area contributed by atoms with Crippen molar-refractivity contribution in [1.29, 1.82) is 0 Å². The molecule has 1 aliphatic rings. The van der Waals surface area contributed by atoms with Gasteiger partial charge in [0.25, 0.3) is 11.8 Å². The molecule has 1 aliphatic heterocycles. The van der Waals surface area contributed by atoms with Crippen LogP contribution in [-0.2, 0) is 6.18 Å². The molecule has 6 nitrogen and oxygen atoms in total. The lowest BCUT2D eigenvalue weighted by atomic mass is 9.98. The van der Waals surface area contributed by atoms with Gasteiger partial charge in [-0.3, -0.25) is 14.0 Å². The highest BCUT2D eigenvalue weighted by Gasteiger charge is 2.37. The number of nitrogens with one attached hydrogen (secondary N) is 2. The molecular formula is C23H12ClF5N4O2. The molecule has 5 rings (SSSR count). The lowest BCUT2D eigenvalue weighted by molar-refractivity contribution is -0.137. The second-order valence-corrected chi connectivity index (χ2v) is 8.14. The molecule has 1 atom stereocenters. The van der Waals surface area contributed by atoms with Crippen molar-refractivity contribution in [1.82, 2.24) is 14.7 Å². The Morgan fingerprint density at radius 2 is 1.86 bits per heavy atom. The van der Waals surface area contributed by atoms with Crippen molar-refractivity contribution in [2.75, 3.05) is 5.32 Å². The molecule has 0 saturated heterocycles. The maximum atomic E-state index is 14.0. The molecule has 35 heavy (non-hydrogen) atoms. The van der Waals surface area contributed by atoms with Crippen LogP contribution in [0, 0.1) is 11.6 Å². The average Bonchev–Trinajstić information content (AvgIpc) is 3.38. The summed E-state index contributed by atoms with van der Waals surface area (Å²) in [4.78, 5) is 29.9. The van der Waals surface area contributed by atoms with E-state index < -0.39 is 46.8 Å². The minimum atomic E-state index is -4.87. The quantitative estimate of drug-likeness (QED) is 0.367. The van der Waals surface area contributed by atoms with E-state index in [2.05, 4.69) is 15.6 Å². The van der Waals surface area contributed by atoms with Crippen LogP contribution in [0.2, 0.25) is 5.02 Å². The van der Waals surface area contributed by atoms with E-state index in [9.17, 15) is 31.5 Å². The number of hydrogen-bond donors (Lipinski definition) is 2. The number of carbonyl (C=O) groups excluding carboxylic acids is 2. The maximum Gasteiger partial charge on any atom is 0.416 e. The largest absolute Gasteiger partial charge is 0.416 e. The highest BCUT2D eigenvalue weighted by molar-refractivity contribution is 6.31. The first kappa shape index (κ1) is 22.8. The molecule has 0 aliphatic carbocycles. The Morgan fingerprint density at radius 1 is 1.09 bits per heavy atom. The average molecular weight is 507 g/mol. The van der Waals surface area contributed by atoms with Gasteiger partial charge in [-0.1, -0.05) is 11.6 Å². The molecule has 178 valence electrons. The first-order valence-corrected chi connectivity index (χ1v) is 10.4. The molecule has 0 fully saturated rings. The van der Waals surface area contributed by atoms with Crippen LogP contribution in [0.15, 0.2) is 54.9 Å². The van der Waals surface area contributed by atoms with Crippen LogP contribution in [-0.4, -0.2) is 21.2 Å². The van der Waals surface area contributed by atoms with Crippen molar-refractivity contribution in [3.8, 4) is 0 Å². The van der Waals surface area contributed by atoms with Gasteiger partial charge < -0.3 is 10.6 Å². The number of rotatable bonds is 3. The summed E-state index contributed by atoms with van der Waals surface area (Å²) in [5.41, 5.74) is -1.23. The van der Waals surface area contributed by atoms with Crippen LogP contribution >= 0.6 is 11.6 Å². The Labute approximate surface area is 198 Å². The molecule has 2 aromatic carbocycles. The Balaban J connectivity index is 1.65. The van der Waals surface area contributed by atoms with Gasteiger partial charge in [0.1, 0.15) is 23.0 Å². The van der Waals surface area contributed by atoms with E-state index in [4.69, 9.17) is 11.6 Å². The summed E-state index contributed by atoms with van der Waals surface area (Å²) in [6, 6.07) is 5.38. The first-order chi connectivity index (χ1) is 16.5. The zero-order valence-electron chi connectivity index (χ0n) is 17.3. The van der Waals surface area contributed by atoms with Crippen LogP contribution in [0.1, 0.15) is 43.6 Å². The summed E-state index contributed by atoms with van der Waals surface area (Å²) in [5, 5.41) is 5.26. The molecule has 2 amide bonds. The van der Waals surface area contributed by atoms with Crippen LogP contribution in [0.4, 0.5) is 27.6 Å². The number of anilines is 1. The smallest absolute Gasteiger partial charge is 0.340 e. The van der Waals surface area contributed by atoms with Crippen molar-refractivity contribution in [3.63, 3.8) is 0 Å². The standard InChI is InChI=1S/C23H12ClF5N4O2/c24-15-2-1-12(25)8-14(15)19-18-16(9-17-30-3-4-33(17)20(18)22(35)32-19)31-21(34)10-5-11(23(27,28)29)7-13(26)6-10/h1-9,19H,(H,31,34)(H,32,35). The van der Waals surface area contributed by atoms with Gasteiger partial charge in [-0.15, -0.1) is 0 Å². The van der Waals surface area contributed by atoms with Gasteiger partial charge in [0.05, 0.1) is 17.3 Å². The number of fused-ring (bicyclic) bond motifs is 3. The minimum absolute atomic E-state index is 0.00481. The fourth-order valence-corrected chi connectivity index (χ4v) is 4.25. The molecule has 12 heteroatoms. The number of imidazole rings is 1. The van der Waals surface area contributed by atoms with Gasteiger partial charge in [0, 0.05) is 40.2 Å². The number of aromatic nitrogens is 2. The van der Waals surface area contributed by atoms with Crippen LogP contribution in [0.5, 0.6) is 0 Å². The number of hydrogen-bond acceptors (Lipinski definition) is 3. The van der Waals surface area contributed by atoms with E-state index in [0.29, 0.717) is 12.1 Å². The first-order valence-electron chi connectivity index (χ1n) is 9.98. The van der Waals surface area contributed by atoms with Gasteiger partial charge >= 0.3 is 6.18 Å². The van der Waals surface area contributed by atoms with E-state index in [1.54, 1.807) is 0 Å². The SMILES string of the molecule is O=C(Nc1cc2nccn2c2c1C(c1cc(F)ccc1Cl)NC2=O)c1cc(F)cc(C(F)(F)F)c1. The third-order valence-corrected chi connectivity index (χ3v) is 5.86. The maximum absolute atomic E-state index is 14.0. The fraction of sp³-hybridized carbons (Fsp3) is 0.0870. The monoisotopic (exact) mass is 506 g/mol. The molecule has 0 bridgehead atoms. The van der Waals surface area contributed by atoms with E-state index in [1.165, 1.54) is 28.9 Å². The minimum Gasteiger partial charge on any atom is -0.340 e. The fourth-order valence-electron chi connectivity index (χ4n) is 4.02. The third kappa shape index (κ3) is 3.97. The van der Waals surface area contributed by atoms with Gasteiger partial charge in [-0.25, -0.2) is 13.8 Å². The lowest BCUT2D eigenvalue weighted by Gasteiger charge is -2.18. The van der Waals surface area contributed by atoms with Crippen molar-refractivity contribution >= 4 is 34.7 Å². The molecule has 4 aromatic rings. The highest BCUT2D eigenvalue weighted by Crippen LogP contribution is 2.40. The summed E-state index contributed by atoms with van der Waals surface area (Å²) >= 11 is 6.25. The molecule has 0 saturated carbocycles. The summed E-state index contributed by atoms with van der Waals surface area (Å²) in [5.74, 6) is -3.51. The number of halogens is 6. The number of pyridine rings is 1. The summed E-state index contributed by atoms with van der Waals surface area (Å²) in [6.45, 7) is 0. The zero-order valence-corrected chi connectivity index (χ0v) is 18.0. The Kier molecular flexibility index (Phi) is 5.24.